The largest absolute Gasteiger partial charge is 0.0807 e. The van der Waals surface area contributed by atoms with E-state index in [0.717, 1.165) is 5.92 Å². The zero-order valence-electron chi connectivity index (χ0n) is 7.92. The Morgan fingerprint density at radius 2 is 2.23 bits per heavy atom. The quantitative estimate of drug-likeness (QED) is 0.522. The van der Waals surface area contributed by atoms with Crippen LogP contribution in [0.4, 0.5) is 0 Å². The van der Waals surface area contributed by atoms with Crippen LogP contribution in [-0.4, -0.2) is 0 Å². The lowest BCUT2D eigenvalue weighted by molar-refractivity contribution is 0.471. The summed E-state index contributed by atoms with van der Waals surface area (Å²) in [5.41, 5.74) is 4.82. The smallest absolute Gasteiger partial charge is 0.0130 e. The number of fused-ring (bicyclic) bond motifs is 2. The van der Waals surface area contributed by atoms with Gasteiger partial charge in [-0.3, -0.25) is 0 Å². The maximum atomic E-state index is 2.48. The van der Waals surface area contributed by atoms with Gasteiger partial charge in [0.1, 0.15) is 0 Å². The standard InChI is InChI=1S/C13H15/c1-2-6-12-10(4-1)8-9-11-5-3-7-13(11)12/h3,5-7,10H,1-2,4,8-9H2. The molecule has 0 heterocycles. The Balaban J connectivity index is 2.02. The maximum absolute atomic E-state index is 2.48. The number of hydrogen-bond donors (Lipinski definition) is 0. The predicted octanol–water partition coefficient (Wildman–Crippen LogP) is 3.58. The van der Waals surface area contributed by atoms with E-state index in [1.165, 1.54) is 32.1 Å². The number of hydrogen-bond acceptors (Lipinski definition) is 0. The lowest BCUT2D eigenvalue weighted by Gasteiger charge is -2.30. The molecule has 1 atom stereocenters. The fourth-order valence-electron chi connectivity index (χ4n) is 2.86. The first-order valence-electron chi connectivity index (χ1n) is 5.40. The highest BCUT2D eigenvalue weighted by Crippen LogP contribution is 2.43. The molecule has 0 saturated carbocycles. The van der Waals surface area contributed by atoms with Crippen LogP contribution < -0.4 is 0 Å². The zero-order chi connectivity index (χ0) is 8.67. The van der Waals surface area contributed by atoms with E-state index in [1.54, 1.807) is 16.7 Å². The van der Waals surface area contributed by atoms with Gasteiger partial charge in [-0.25, -0.2) is 0 Å². The Hall–Kier alpha value is -0.780. The molecule has 67 valence electrons. The molecule has 1 radical (unpaired) electrons. The highest BCUT2D eigenvalue weighted by atomic mass is 14.3. The van der Waals surface area contributed by atoms with E-state index in [0.29, 0.717) is 0 Å². The highest BCUT2D eigenvalue weighted by molar-refractivity contribution is 5.55. The summed E-state index contributed by atoms with van der Waals surface area (Å²) in [6, 6.07) is 0. The predicted molar refractivity (Wildman–Crippen MR) is 55.1 cm³/mol. The lowest BCUT2D eigenvalue weighted by atomic mass is 9.75. The molecule has 13 heavy (non-hydrogen) atoms. The van der Waals surface area contributed by atoms with Crippen LogP contribution in [0.3, 0.4) is 0 Å². The second-order valence-electron chi connectivity index (χ2n) is 4.29. The molecule has 0 aromatic heterocycles. The molecule has 0 spiro atoms. The molecular formula is C13H15. The monoisotopic (exact) mass is 171 g/mol. The summed E-state index contributed by atoms with van der Waals surface area (Å²) in [4.78, 5) is 0. The highest BCUT2D eigenvalue weighted by Gasteiger charge is 2.27. The minimum atomic E-state index is 0.892. The van der Waals surface area contributed by atoms with Gasteiger partial charge in [-0.1, -0.05) is 18.2 Å². The summed E-state index contributed by atoms with van der Waals surface area (Å²) in [6.07, 6.45) is 16.1. The first-order chi connectivity index (χ1) is 6.45. The van der Waals surface area contributed by atoms with Crippen LogP contribution >= 0.6 is 0 Å². The molecule has 0 bridgehead atoms. The summed E-state index contributed by atoms with van der Waals surface area (Å²) < 4.78 is 0. The van der Waals surface area contributed by atoms with Crippen LogP contribution in [0.5, 0.6) is 0 Å². The molecule has 0 N–H and O–H groups in total. The average molecular weight is 171 g/mol. The van der Waals surface area contributed by atoms with E-state index in [-0.39, 0.29) is 0 Å². The van der Waals surface area contributed by atoms with Crippen molar-refractivity contribution in [2.24, 2.45) is 5.92 Å². The van der Waals surface area contributed by atoms with Gasteiger partial charge in [-0.2, -0.15) is 0 Å². The van der Waals surface area contributed by atoms with Crippen molar-refractivity contribution in [2.45, 2.75) is 32.1 Å². The molecule has 0 nitrogen and oxygen atoms in total. The van der Waals surface area contributed by atoms with E-state index in [4.69, 9.17) is 0 Å². The van der Waals surface area contributed by atoms with Crippen LogP contribution in [-0.2, 0) is 0 Å². The van der Waals surface area contributed by atoms with Crippen LogP contribution in [0.15, 0.2) is 34.9 Å². The van der Waals surface area contributed by atoms with Gasteiger partial charge in [-0.05, 0) is 54.7 Å². The van der Waals surface area contributed by atoms with Crippen LogP contribution in [0.25, 0.3) is 0 Å². The van der Waals surface area contributed by atoms with E-state index in [1.807, 2.05) is 0 Å². The summed E-state index contributed by atoms with van der Waals surface area (Å²) in [5.74, 6) is 0.892. The van der Waals surface area contributed by atoms with Crippen molar-refractivity contribution in [2.75, 3.05) is 0 Å². The summed E-state index contributed by atoms with van der Waals surface area (Å²) in [7, 11) is 0. The van der Waals surface area contributed by atoms with Gasteiger partial charge in [0, 0.05) is 6.42 Å². The van der Waals surface area contributed by atoms with Crippen molar-refractivity contribution in [3.05, 3.63) is 41.4 Å². The van der Waals surface area contributed by atoms with Crippen molar-refractivity contribution in [1.82, 2.24) is 0 Å². The summed E-state index contributed by atoms with van der Waals surface area (Å²) in [5, 5.41) is 0. The van der Waals surface area contributed by atoms with E-state index < -0.39 is 0 Å². The van der Waals surface area contributed by atoms with Gasteiger partial charge >= 0.3 is 0 Å². The zero-order valence-corrected chi connectivity index (χ0v) is 7.92. The molecule has 0 amide bonds. The van der Waals surface area contributed by atoms with Gasteiger partial charge in [0.25, 0.3) is 0 Å². The SMILES string of the molecule is [CH]1C=CC2=C1C1=CCCCC1CC2. The number of allylic oxidation sites excluding steroid dienone is 6. The van der Waals surface area contributed by atoms with Crippen LogP contribution in [0, 0.1) is 12.3 Å². The Morgan fingerprint density at radius 1 is 1.23 bits per heavy atom. The molecule has 3 aliphatic carbocycles. The second-order valence-corrected chi connectivity index (χ2v) is 4.29. The minimum Gasteiger partial charge on any atom is -0.0807 e. The molecule has 0 aromatic rings. The van der Waals surface area contributed by atoms with E-state index >= 15 is 0 Å². The maximum Gasteiger partial charge on any atom is 0.0130 e. The normalized spacial score (nSPS) is 31.4. The molecule has 0 aromatic carbocycles. The molecule has 0 fully saturated rings. The molecule has 0 heteroatoms. The Kier molecular flexibility index (Phi) is 1.68. The van der Waals surface area contributed by atoms with Gasteiger partial charge < -0.3 is 0 Å². The number of rotatable bonds is 0. The third kappa shape index (κ3) is 1.12. The van der Waals surface area contributed by atoms with Crippen molar-refractivity contribution in [1.29, 1.82) is 0 Å². The molecule has 0 saturated heterocycles. The first kappa shape index (κ1) is 7.61. The Labute approximate surface area is 80.0 Å². The van der Waals surface area contributed by atoms with Gasteiger partial charge in [0.05, 0.1) is 0 Å². The van der Waals surface area contributed by atoms with Gasteiger partial charge in [0.15, 0.2) is 0 Å². The molecule has 1 unspecified atom stereocenters. The minimum absolute atomic E-state index is 0.892. The fraction of sp³-hybridized carbons (Fsp3) is 0.462. The first-order valence-corrected chi connectivity index (χ1v) is 5.40. The fourth-order valence-corrected chi connectivity index (χ4v) is 2.86. The molecule has 0 aliphatic heterocycles. The summed E-state index contributed by atoms with van der Waals surface area (Å²) >= 11 is 0. The van der Waals surface area contributed by atoms with Crippen molar-refractivity contribution < 1.29 is 0 Å². The van der Waals surface area contributed by atoms with E-state index in [2.05, 4.69) is 24.6 Å². The Bertz CT molecular complexity index is 315. The van der Waals surface area contributed by atoms with Gasteiger partial charge in [-0.15, -0.1) is 0 Å². The molecular weight excluding hydrogens is 156 g/mol. The average Bonchev–Trinajstić information content (AvgIpc) is 2.65. The Morgan fingerprint density at radius 3 is 3.23 bits per heavy atom. The lowest BCUT2D eigenvalue weighted by Crippen LogP contribution is -2.15. The van der Waals surface area contributed by atoms with Crippen molar-refractivity contribution in [3.63, 3.8) is 0 Å². The summed E-state index contributed by atoms with van der Waals surface area (Å²) in [6.45, 7) is 0. The topological polar surface area (TPSA) is 0 Å². The molecule has 3 aliphatic rings. The van der Waals surface area contributed by atoms with Crippen molar-refractivity contribution >= 4 is 0 Å². The third-order valence-electron chi connectivity index (χ3n) is 3.54. The second kappa shape index (κ2) is 2.87. The van der Waals surface area contributed by atoms with Crippen molar-refractivity contribution in [3.8, 4) is 0 Å². The van der Waals surface area contributed by atoms with Crippen LogP contribution in [0.1, 0.15) is 32.1 Å². The van der Waals surface area contributed by atoms with Gasteiger partial charge in [0.2, 0.25) is 0 Å². The van der Waals surface area contributed by atoms with Crippen LogP contribution in [0.2, 0.25) is 0 Å². The molecule has 3 rings (SSSR count). The van der Waals surface area contributed by atoms with E-state index in [9.17, 15) is 0 Å². The third-order valence-corrected chi connectivity index (χ3v) is 3.54.